The van der Waals surface area contributed by atoms with E-state index in [1.807, 2.05) is 18.2 Å². The van der Waals surface area contributed by atoms with Crippen LogP contribution in [-0.2, 0) is 6.54 Å². The zero-order valence-electron chi connectivity index (χ0n) is 14.5. The van der Waals surface area contributed by atoms with E-state index in [2.05, 4.69) is 49.2 Å². The molecule has 0 saturated heterocycles. The molecule has 0 radical (unpaired) electrons. The lowest BCUT2D eigenvalue weighted by atomic mass is 9.95. The highest BCUT2D eigenvalue weighted by Gasteiger charge is 2.13. The molecule has 0 N–H and O–H groups in total. The first-order chi connectivity index (χ1) is 11.7. The van der Waals surface area contributed by atoms with Crippen molar-refractivity contribution in [3.05, 3.63) is 65.7 Å². The third-order valence-electron chi connectivity index (χ3n) is 4.44. The normalized spacial score (nSPS) is 15.0. The summed E-state index contributed by atoms with van der Waals surface area (Å²) >= 11 is 0. The second kappa shape index (κ2) is 8.07. The summed E-state index contributed by atoms with van der Waals surface area (Å²) in [6, 6.07) is 16.6. The van der Waals surface area contributed by atoms with Crippen LogP contribution in [0, 0.1) is 0 Å². The number of benzene rings is 2. The molecule has 124 valence electrons. The van der Waals surface area contributed by atoms with Crippen molar-refractivity contribution < 1.29 is 9.47 Å². The highest BCUT2D eigenvalue weighted by molar-refractivity contribution is 6.34. The molecule has 0 saturated carbocycles. The molecule has 3 rings (SSSR count). The number of ether oxygens (including phenoxy) is 2. The molecule has 1 heterocycles. The third kappa shape index (κ3) is 4.42. The summed E-state index contributed by atoms with van der Waals surface area (Å²) in [5, 5.41) is 0. The van der Waals surface area contributed by atoms with E-state index in [0.29, 0.717) is 6.61 Å². The predicted octanol–water partition coefficient (Wildman–Crippen LogP) is 2.16. The summed E-state index contributed by atoms with van der Waals surface area (Å²) in [6.07, 6.45) is 3.37. The molecular weight excluding hydrogens is 297 g/mol. The molecule has 0 aromatic heterocycles. The van der Waals surface area contributed by atoms with Gasteiger partial charge in [0.2, 0.25) is 0 Å². The van der Waals surface area contributed by atoms with Crippen LogP contribution in [0.2, 0.25) is 0 Å². The lowest BCUT2D eigenvalue weighted by molar-refractivity contribution is 0.270. The lowest BCUT2D eigenvalue weighted by Crippen LogP contribution is -2.29. The van der Waals surface area contributed by atoms with Crippen LogP contribution in [0.4, 0.5) is 0 Å². The van der Waals surface area contributed by atoms with Crippen LogP contribution in [0.1, 0.15) is 12.0 Å². The highest BCUT2D eigenvalue weighted by atomic mass is 16.5. The van der Waals surface area contributed by atoms with Crippen LogP contribution >= 0.6 is 0 Å². The van der Waals surface area contributed by atoms with Crippen molar-refractivity contribution in [1.82, 2.24) is 4.90 Å². The number of methoxy groups -OCH3 is 1. The number of hydrogen-bond donors (Lipinski definition) is 0. The average Bonchev–Trinajstić information content (AvgIpc) is 2.63. The van der Waals surface area contributed by atoms with E-state index in [0.717, 1.165) is 43.0 Å². The van der Waals surface area contributed by atoms with Crippen molar-refractivity contribution in [2.75, 3.05) is 26.8 Å². The van der Waals surface area contributed by atoms with Gasteiger partial charge in [-0.1, -0.05) is 42.5 Å². The molecule has 0 aliphatic carbocycles. The zero-order valence-corrected chi connectivity index (χ0v) is 14.5. The van der Waals surface area contributed by atoms with Crippen LogP contribution < -0.4 is 14.9 Å². The molecule has 0 atom stereocenters. The van der Waals surface area contributed by atoms with Gasteiger partial charge < -0.3 is 9.47 Å². The number of nitrogens with zero attached hydrogens (tertiary/aromatic N) is 1. The average molecular weight is 321 g/mol. The monoisotopic (exact) mass is 321 g/mol. The van der Waals surface area contributed by atoms with Crippen molar-refractivity contribution in [3.63, 3.8) is 0 Å². The third-order valence-corrected chi connectivity index (χ3v) is 4.44. The Kier molecular flexibility index (Phi) is 5.60. The summed E-state index contributed by atoms with van der Waals surface area (Å²) in [4.78, 5) is 2.47. The van der Waals surface area contributed by atoms with Gasteiger partial charge in [-0.2, -0.15) is 0 Å². The van der Waals surface area contributed by atoms with Gasteiger partial charge in [0.25, 0.3) is 0 Å². The van der Waals surface area contributed by atoms with Gasteiger partial charge >= 0.3 is 0 Å². The molecule has 0 spiro atoms. The zero-order chi connectivity index (χ0) is 16.8. The maximum atomic E-state index is 6.01. The molecular formula is C20H24BNO2. The molecule has 0 fully saturated rings. The molecule has 0 amide bonds. The van der Waals surface area contributed by atoms with Gasteiger partial charge in [0.1, 0.15) is 26.0 Å². The Morgan fingerprint density at radius 1 is 1.12 bits per heavy atom. The Morgan fingerprint density at radius 3 is 2.67 bits per heavy atom. The van der Waals surface area contributed by atoms with E-state index < -0.39 is 0 Å². The molecule has 2 aromatic carbocycles. The van der Waals surface area contributed by atoms with Gasteiger partial charge in [-0.15, -0.1) is 0 Å². The summed E-state index contributed by atoms with van der Waals surface area (Å²) < 4.78 is 11.3. The first-order valence-corrected chi connectivity index (χ1v) is 8.46. The molecule has 3 nitrogen and oxygen atoms in total. The van der Waals surface area contributed by atoms with Gasteiger partial charge in [-0.25, -0.2) is 0 Å². The summed E-state index contributed by atoms with van der Waals surface area (Å²) in [5.74, 6) is 1.74. The molecule has 0 unspecified atom stereocenters. The minimum absolute atomic E-state index is 0.660. The van der Waals surface area contributed by atoms with Crippen LogP contribution in [0.25, 0.3) is 0 Å². The Labute approximate surface area is 145 Å². The maximum absolute atomic E-state index is 6.01. The fourth-order valence-corrected chi connectivity index (χ4v) is 2.90. The van der Waals surface area contributed by atoms with Crippen molar-refractivity contribution in [2.24, 2.45) is 0 Å². The van der Waals surface area contributed by atoms with Gasteiger partial charge in [-0.3, -0.25) is 4.90 Å². The Balaban J connectivity index is 1.52. The molecule has 1 aliphatic rings. The topological polar surface area (TPSA) is 21.7 Å². The summed E-state index contributed by atoms with van der Waals surface area (Å²) in [6.45, 7) is 3.75. The lowest BCUT2D eigenvalue weighted by Gasteiger charge is -2.26. The van der Waals surface area contributed by atoms with E-state index >= 15 is 0 Å². The highest BCUT2D eigenvalue weighted by Crippen LogP contribution is 2.19. The Hall–Kier alpha value is -2.20. The fourth-order valence-electron chi connectivity index (χ4n) is 2.90. The van der Waals surface area contributed by atoms with Crippen LogP contribution in [0.15, 0.2) is 60.2 Å². The molecule has 24 heavy (non-hydrogen) atoms. The van der Waals surface area contributed by atoms with Crippen LogP contribution in [0.5, 0.6) is 11.5 Å². The molecule has 2 aromatic rings. The molecule has 0 bridgehead atoms. The fraction of sp³-hybridized carbons (Fsp3) is 0.300. The van der Waals surface area contributed by atoms with E-state index in [9.17, 15) is 0 Å². The second-order valence-corrected chi connectivity index (χ2v) is 6.25. The van der Waals surface area contributed by atoms with E-state index in [-0.39, 0.29) is 0 Å². The van der Waals surface area contributed by atoms with Crippen molar-refractivity contribution in [2.45, 2.75) is 13.0 Å². The standard InChI is InChI=1S/C20H24BNO2/c1-23-18-7-8-19(21)20(13-18)24-15-17-9-11-22(12-10-17)14-16-5-3-2-4-6-16/h2-9,13H,10-12,14-15,21H2,1H3. The van der Waals surface area contributed by atoms with Crippen LogP contribution in [-0.4, -0.2) is 39.6 Å². The predicted molar refractivity (Wildman–Crippen MR) is 101 cm³/mol. The quantitative estimate of drug-likeness (QED) is 0.601. The van der Waals surface area contributed by atoms with E-state index in [1.165, 1.54) is 11.1 Å². The van der Waals surface area contributed by atoms with Gasteiger partial charge in [0.15, 0.2) is 0 Å². The molecule has 1 aliphatic heterocycles. The Bertz CT molecular complexity index is 700. The number of hydrogen-bond acceptors (Lipinski definition) is 3. The number of rotatable bonds is 6. The summed E-state index contributed by atoms with van der Waals surface area (Å²) in [7, 11) is 3.74. The van der Waals surface area contributed by atoms with Crippen molar-refractivity contribution in [3.8, 4) is 11.5 Å². The van der Waals surface area contributed by atoms with Gasteiger partial charge in [-0.05, 0) is 29.1 Å². The van der Waals surface area contributed by atoms with E-state index in [4.69, 9.17) is 9.47 Å². The minimum Gasteiger partial charge on any atom is -0.497 e. The smallest absolute Gasteiger partial charge is 0.144 e. The first kappa shape index (κ1) is 16.7. The summed E-state index contributed by atoms with van der Waals surface area (Å²) in [5.41, 5.74) is 3.89. The Morgan fingerprint density at radius 2 is 1.96 bits per heavy atom. The maximum Gasteiger partial charge on any atom is 0.144 e. The molecule has 4 heteroatoms. The van der Waals surface area contributed by atoms with E-state index in [1.54, 1.807) is 7.11 Å². The minimum atomic E-state index is 0.660. The first-order valence-electron chi connectivity index (χ1n) is 8.46. The second-order valence-electron chi connectivity index (χ2n) is 6.25. The SMILES string of the molecule is Bc1ccc(OC)cc1OCC1=CCN(Cc2ccccc2)CC1. The van der Waals surface area contributed by atoms with Crippen molar-refractivity contribution in [1.29, 1.82) is 0 Å². The van der Waals surface area contributed by atoms with Gasteiger partial charge in [0, 0.05) is 25.7 Å². The van der Waals surface area contributed by atoms with Gasteiger partial charge in [0.05, 0.1) is 7.11 Å². The largest absolute Gasteiger partial charge is 0.497 e. The van der Waals surface area contributed by atoms with Crippen LogP contribution in [0.3, 0.4) is 0 Å². The van der Waals surface area contributed by atoms with Crippen molar-refractivity contribution >= 4 is 13.3 Å².